The predicted octanol–water partition coefficient (Wildman–Crippen LogP) is 2.28. The van der Waals surface area contributed by atoms with E-state index in [0.29, 0.717) is 12.0 Å². The van der Waals surface area contributed by atoms with Crippen molar-refractivity contribution in [3.05, 3.63) is 35.3 Å². The van der Waals surface area contributed by atoms with Crippen molar-refractivity contribution in [2.75, 3.05) is 24.7 Å². The van der Waals surface area contributed by atoms with Crippen LogP contribution in [0.2, 0.25) is 0 Å². The summed E-state index contributed by atoms with van der Waals surface area (Å²) in [6.45, 7) is 9.58. The van der Waals surface area contributed by atoms with Gasteiger partial charge < -0.3 is 9.64 Å². The Labute approximate surface area is 158 Å². The minimum Gasteiger partial charge on any atom is -0.381 e. The quantitative estimate of drug-likeness (QED) is 0.707. The van der Waals surface area contributed by atoms with Gasteiger partial charge in [0.25, 0.3) is 0 Å². The smallest absolute Gasteiger partial charge is 0.158 e. The Morgan fingerprint density at radius 3 is 2.96 bits per heavy atom. The SMILES string of the molecule is Cc1nc([C@H]2CCOC2)c2c(N3CCc4nn(C(C)C)cc4C3)ncnn12. The molecule has 1 saturated heterocycles. The molecule has 1 atom stereocenters. The van der Waals surface area contributed by atoms with E-state index in [2.05, 4.69) is 39.7 Å². The minimum atomic E-state index is 0.322. The average molecular weight is 367 g/mol. The van der Waals surface area contributed by atoms with Crippen LogP contribution in [-0.4, -0.2) is 49.1 Å². The number of nitrogens with zero attached hydrogens (tertiary/aromatic N) is 7. The van der Waals surface area contributed by atoms with Crippen molar-refractivity contribution in [3.63, 3.8) is 0 Å². The van der Waals surface area contributed by atoms with Gasteiger partial charge >= 0.3 is 0 Å². The van der Waals surface area contributed by atoms with Crippen molar-refractivity contribution in [1.29, 1.82) is 0 Å². The van der Waals surface area contributed by atoms with Crippen molar-refractivity contribution in [3.8, 4) is 0 Å². The molecule has 0 bridgehead atoms. The second kappa shape index (κ2) is 6.30. The molecule has 3 aromatic heterocycles. The maximum Gasteiger partial charge on any atom is 0.158 e. The Bertz CT molecular complexity index is 984. The number of anilines is 1. The van der Waals surface area contributed by atoms with Gasteiger partial charge in [-0.25, -0.2) is 14.5 Å². The monoisotopic (exact) mass is 367 g/mol. The zero-order valence-electron chi connectivity index (χ0n) is 16.1. The first kappa shape index (κ1) is 16.7. The van der Waals surface area contributed by atoms with E-state index in [1.165, 1.54) is 11.3 Å². The molecule has 0 N–H and O–H groups in total. The van der Waals surface area contributed by atoms with Crippen molar-refractivity contribution >= 4 is 11.3 Å². The van der Waals surface area contributed by atoms with Crippen LogP contribution < -0.4 is 4.90 Å². The highest BCUT2D eigenvalue weighted by atomic mass is 16.5. The van der Waals surface area contributed by atoms with Crippen LogP contribution in [0.15, 0.2) is 12.5 Å². The Kier molecular flexibility index (Phi) is 3.89. The molecular weight excluding hydrogens is 342 g/mol. The van der Waals surface area contributed by atoms with Crippen LogP contribution in [0.1, 0.15) is 55.0 Å². The summed E-state index contributed by atoms with van der Waals surface area (Å²) in [5.41, 5.74) is 4.60. The maximum absolute atomic E-state index is 5.61. The lowest BCUT2D eigenvalue weighted by molar-refractivity contribution is 0.193. The van der Waals surface area contributed by atoms with Gasteiger partial charge in [-0.2, -0.15) is 10.2 Å². The topological polar surface area (TPSA) is 73.4 Å². The number of hydrogen-bond donors (Lipinski definition) is 0. The van der Waals surface area contributed by atoms with Crippen LogP contribution in [0.3, 0.4) is 0 Å². The highest BCUT2D eigenvalue weighted by Crippen LogP contribution is 2.34. The Hall–Kier alpha value is -2.48. The molecule has 2 aliphatic heterocycles. The normalized spacial score (nSPS) is 20.0. The minimum absolute atomic E-state index is 0.322. The molecule has 5 heterocycles. The first-order valence-corrected chi connectivity index (χ1v) is 9.71. The van der Waals surface area contributed by atoms with E-state index in [0.717, 1.165) is 62.0 Å². The van der Waals surface area contributed by atoms with Crippen LogP contribution in [0.4, 0.5) is 5.82 Å². The van der Waals surface area contributed by atoms with E-state index in [-0.39, 0.29) is 0 Å². The maximum atomic E-state index is 5.61. The number of fused-ring (bicyclic) bond motifs is 2. The molecule has 142 valence electrons. The molecule has 0 aliphatic carbocycles. The number of rotatable bonds is 3. The van der Waals surface area contributed by atoms with Gasteiger partial charge in [0.15, 0.2) is 5.82 Å². The lowest BCUT2D eigenvalue weighted by Gasteiger charge is -2.27. The average Bonchev–Trinajstić information content (AvgIpc) is 3.39. The molecule has 0 spiro atoms. The number of ether oxygens (including phenoxy) is 1. The fourth-order valence-electron chi connectivity index (χ4n) is 4.14. The molecule has 3 aromatic rings. The lowest BCUT2D eigenvalue weighted by Crippen LogP contribution is -2.31. The summed E-state index contributed by atoms with van der Waals surface area (Å²) in [5, 5.41) is 9.21. The van der Waals surface area contributed by atoms with Gasteiger partial charge in [0.1, 0.15) is 17.7 Å². The van der Waals surface area contributed by atoms with Crippen molar-refractivity contribution in [2.24, 2.45) is 0 Å². The van der Waals surface area contributed by atoms with Crippen molar-refractivity contribution in [1.82, 2.24) is 29.4 Å². The largest absolute Gasteiger partial charge is 0.381 e. The van der Waals surface area contributed by atoms with E-state index in [1.54, 1.807) is 6.33 Å². The van der Waals surface area contributed by atoms with Crippen LogP contribution in [0.25, 0.3) is 5.52 Å². The van der Waals surface area contributed by atoms with Crippen molar-refractivity contribution in [2.45, 2.75) is 52.1 Å². The summed E-state index contributed by atoms with van der Waals surface area (Å²) < 4.78 is 9.61. The molecular formula is C19H25N7O. The van der Waals surface area contributed by atoms with Gasteiger partial charge in [-0.3, -0.25) is 4.68 Å². The zero-order chi connectivity index (χ0) is 18.5. The summed E-state index contributed by atoms with van der Waals surface area (Å²) in [5.74, 6) is 2.19. The molecule has 8 heteroatoms. The molecule has 0 saturated carbocycles. The Morgan fingerprint density at radius 1 is 1.30 bits per heavy atom. The molecule has 0 radical (unpaired) electrons. The van der Waals surface area contributed by atoms with E-state index in [1.807, 2.05) is 11.4 Å². The highest BCUT2D eigenvalue weighted by Gasteiger charge is 2.29. The third-order valence-corrected chi connectivity index (χ3v) is 5.62. The fourth-order valence-corrected chi connectivity index (χ4v) is 4.14. The van der Waals surface area contributed by atoms with E-state index >= 15 is 0 Å². The summed E-state index contributed by atoms with van der Waals surface area (Å²) in [7, 11) is 0. The van der Waals surface area contributed by atoms with E-state index in [4.69, 9.17) is 14.8 Å². The molecule has 0 amide bonds. The molecule has 1 fully saturated rings. The highest BCUT2D eigenvalue weighted by molar-refractivity contribution is 5.73. The van der Waals surface area contributed by atoms with Gasteiger partial charge in [-0.05, 0) is 27.2 Å². The third kappa shape index (κ3) is 2.70. The van der Waals surface area contributed by atoms with Crippen LogP contribution in [-0.2, 0) is 17.7 Å². The first-order chi connectivity index (χ1) is 13.1. The molecule has 27 heavy (non-hydrogen) atoms. The zero-order valence-corrected chi connectivity index (χ0v) is 16.1. The fraction of sp³-hybridized carbons (Fsp3) is 0.579. The number of aromatic nitrogens is 6. The number of imidazole rings is 1. The number of hydrogen-bond acceptors (Lipinski definition) is 6. The van der Waals surface area contributed by atoms with Gasteiger partial charge in [0, 0.05) is 49.8 Å². The first-order valence-electron chi connectivity index (χ1n) is 9.71. The van der Waals surface area contributed by atoms with Gasteiger partial charge in [0.05, 0.1) is 18.0 Å². The molecule has 0 unspecified atom stereocenters. The second-order valence-electron chi connectivity index (χ2n) is 7.80. The Morgan fingerprint density at radius 2 is 2.19 bits per heavy atom. The van der Waals surface area contributed by atoms with E-state index in [9.17, 15) is 0 Å². The second-order valence-corrected chi connectivity index (χ2v) is 7.80. The molecule has 2 aliphatic rings. The van der Waals surface area contributed by atoms with Gasteiger partial charge in [-0.15, -0.1) is 0 Å². The number of aryl methyl sites for hydroxylation is 1. The summed E-state index contributed by atoms with van der Waals surface area (Å²) in [6, 6.07) is 0.376. The summed E-state index contributed by atoms with van der Waals surface area (Å²) >= 11 is 0. The third-order valence-electron chi connectivity index (χ3n) is 5.62. The predicted molar refractivity (Wildman–Crippen MR) is 101 cm³/mol. The summed E-state index contributed by atoms with van der Waals surface area (Å²) in [6.07, 6.45) is 5.75. The van der Waals surface area contributed by atoms with Gasteiger partial charge in [0.2, 0.25) is 0 Å². The van der Waals surface area contributed by atoms with Crippen LogP contribution in [0.5, 0.6) is 0 Å². The van der Waals surface area contributed by atoms with Crippen LogP contribution in [0, 0.1) is 6.92 Å². The van der Waals surface area contributed by atoms with Crippen molar-refractivity contribution < 1.29 is 4.74 Å². The summed E-state index contributed by atoms with van der Waals surface area (Å²) in [4.78, 5) is 11.9. The van der Waals surface area contributed by atoms with Crippen LogP contribution >= 0.6 is 0 Å². The Balaban J connectivity index is 1.56. The lowest BCUT2D eigenvalue weighted by atomic mass is 10.0. The van der Waals surface area contributed by atoms with Gasteiger partial charge in [-0.1, -0.05) is 0 Å². The molecule has 5 rings (SSSR count). The van der Waals surface area contributed by atoms with E-state index < -0.39 is 0 Å². The molecule has 8 nitrogen and oxygen atoms in total. The standard InChI is InChI=1S/C19H25N7O/c1-12(2)25-9-15-8-24(6-4-16(15)23-25)19-18-17(14-5-7-27-10-14)22-13(3)26(18)21-11-20-19/h9,11-12,14H,4-8,10H2,1-3H3/t14-/m0/s1. The molecule has 0 aromatic carbocycles.